The molecule has 2 heterocycles. The van der Waals surface area contributed by atoms with Crippen molar-refractivity contribution < 1.29 is 64.6 Å². The summed E-state index contributed by atoms with van der Waals surface area (Å²) in [6, 6.07) is 4.77. The summed E-state index contributed by atoms with van der Waals surface area (Å²) in [5.74, 6) is -9.80. The van der Waals surface area contributed by atoms with Crippen molar-refractivity contribution in [3.8, 4) is 6.07 Å². The second-order valence-electron chi connectivity index (χ2n) is 18.9. The SMILES string of the molecule is CC(C)C[C@@H]1NC(=O)[C@H](Cc2cn(Cc3ccc(Br)cc3)c3ccccc23)N(C)C(=O)[C@H](CC(F)(F)F)NC(=O)[C@H](CC(C)C)N(C)C(=O)[C@H](CC(F)(F)F)NC(=O)[C@@H](CCC#N)OC(=O)[C@H](C)N(C)C1=O. The van der Waals surface area contributed by atoms with Crippen molar-refractivity contribution in [3.05, 3.63) is 70.3 Å². The fraction of sp³-hybridized carbons (Fsp3) is 0.551. The van der Waals surface area contributed by atoms with Gasteiger partial charge in [-0.15, -0.1) is 0 Å². The minimum Gasteiger partial charge on any atom is -0.451 e. The first-order valence-electron chi connectivity index (χ1n) is 23.2. The molecule has 0 radical (unpaired) electrons. The van der Waals surface area contributed by atoms with Gasteiger partial charge < -0.3 is 40.0 Å². The Kier molecular flexibility index (Phi) is 20.3. The number of halogens is 7. The second-order valence-corrected chi connectivity index (χ2v) is 19.8. The summed E-state index contributed by atoms with van der Waals surface area (Å²) >= 11 is 3.42. The van der Waals surface area contributed by atoms with Crippen molar-refractivity contribution in [2.24, 2.45) is 11.8 Å². The van der Waals surface area contributed by atoms with Crippen molar-refractivity contribution in [2.45, 2.75) is 141 Å². The van der Waals surface area contributed by atoms with E-state index in [1.807, 2.05) is 40.2 Å². The topological polar surface area (TPSA) is 203 Å². The number of fused-ring (bicyclic) bond motifs is 1. The molecule has 1 aliphatic heterocycles. The van der Waals surface area contributed by atoms with Gasteiger partial charge in [-0.25, -0.2) is 4.79 Å². The number of nitrogens with one attached hydrogen (secondary N) is 3. The van der Waals surface area contributed by atoms with E-state index in [0.29, 0.717) is 27.9 Å². The number of amides is 6. The van der Waals surface area contributed by atoms with Crippen LogP contribution >= 0.6 is 15.9 Å². The fourth-order valence-corrected chi connectivity index (χ4v) is 8.60. The molecule has 0 spiro atoms. The van der Waals surface area contributed by atoms with E-state index in [1.165, 1.54) is 14.0 Å². The van der Waals surface area contributed by atoms with Crippen LogP contribution in [0.2, 0.25) is 0 Å². The van der Waals surface area contributed by atoms with Crippen LogP contribution in [0.5, 0.6) is 0 Å². The van der Waals surface area contributed by atoms with Gasteiger partial charge in [0.2, 0.25) is 29.5 Å². The smallest absolute Gasteiger partial charge is 0.391 e. The van der Waals surface area contributed by atoms with Crippen LogP contribution in [0.25, 0.3) is 10.9 Å². The standard InChI is InChI=1S/C49H61BrF6N8O8/c1-27(2)20-34-44(68)61(6)29(5)47(71)72-40(14-11-19-57)43(67)60-36(24-49(54,55)56)46(70)62(7)38(21-28(3)4)41(65)59-35(23-48(51,52)53)45(69)63(8)39(42(66)58-34)22-31-26-64(37-13-10-9-12-33(31)37)25-30-15-17-32(50)18-16-30/h9-10,12-13,15-18,26-29,34-36,38-40H,11,14,20-25H2,1-8H3,(H,58,66)(H,59,65)(H,60,67)/t29-,34-,35-,36-,38-,39-,40+/m0/s1. The largest absolute Gasteiger partial charge is 0.451 e. The molecule has 72 heavy (non-hydrogen) atoms. The van der Waals surface area contributed by atoms with Crippen LogP contribution in [0.15, 0.2) is 59.2 Å². The maximum atomic E-state index is 14.9. The number of benzene rings is 2. The third kappa shape index (κ3) is 16.2. The second kappa shape index (κ2) is 25.0. The number of likely N-dealkylation sites (N-methyl/N-ethyl adjacent to an activating group) is 3. The van der Waals surface area contributed by atoms with Gasteiger partial charge in [-0.3, -0.25) is 28.8 Å². The lowest BCUT2D eigenvalue weighted by molar-refractivity contribution is -0.166. The number of alkyl halides is 6. The lowest BCUT2D eigenvalue weighted by Crippen LogP contribution is -2.61. The van der Waals surface area contributed by atoms with E-state index >= 15 is 0 Å². The Morgan fingerprint density at radius 3 is 1.74 bits per heavy atom. The highest BCUT2D eigenvalue weighted by atomic mass is 79.9. The summed E-state index contributed by atoms with van der Waals surface area (Å²) in [4.78, 5) is 102. The number of hydrogen-bond donors (Lipinski definition) is 3. The molecule has 23 heteroatoms. The summed E-state index contributed by atoms with van der Waals surface area (Å²) < 4.78 is 94.2. The lowest BCUT2D eigenvalue weighted by atomic mass is 9.98. The van der Waals surface area contributed by atoms with E-state index < -0.39 is 128 Å². The molecule has 2 aromatic carbocycles. The number of nitriles is 1. The number of ether oxygens (including phenoxy) is 1. The molecule has 4 rings (SSSR count). The van der Waals surface area contributed by atoms with Gasteiger partial charge in [0.1, 0.15) is 36.3 Å². The molecule has 1 aliphatic rings. The molecule has 394 valence electrons. The summed E-state index contributed by atoms with van der Waals surface area (Å²) in [5.41, 5.74) is 2.05. The predicted octanol–water partition coefficient (Wildman–Crippen LogP) is 6.18. The van der Waals surface area contributed by atoms with Gasteiger partial charge in [-0.2, -0.15) is 31.6 Å². The summed E-state index contributed by atoms with van der Waals surface area (Å²) in [5, 5.41) is 16.6. The molecule has 1 fully saturated rings. The van der Waals surface area contributed by atoms with Crippen molar-refractivity contribution in [1.82, 2.24) is 35.2 Å². The van der Waals surface area contributed by atoms with Gasteiger partial charge in [0, 0.05) is 68.5 Å². The summed E-state index contributed by atoms with van der Waals surface area (Å²) in [6.07, 6.45) is -16.4. The lowest BCUT2D eigenvalue weighted by Gasteiger charge is -2.35. The number of carbonyl (C=O) groups excluding carboxylic acids is 7. The maximum Gasteiger partial charge on any atom is 0.391 e. The fourth-order valence-electron chi connectivity index (χ4n) is 8.33. The average Bonchev–Trinajstić information content (AvgIpc) is 3.64. The number of cyclic esters (lactones) is 1. The first kappa shape index (κ1) is 58.4. The average molecular weight is 1080 g/mol. The van der Waals surface area contributed by atoms with E-state index in [4.69, 9.17) is 4.74 Å². The monoisotopic (exact) mass is 1080 g/mol. The van der Waals surface area contributed by atoms with Crippen molar-refractivity contribution in [3.63, 3.8) is 0 Å². The minimum atomic E-state index is -5.15. The predicted molar refractivity (Wildman–Crippen MR) is 255 cm³/mol. The van der Waals surface area contributed by atoms with E-state index in [9.17, 15) is 65.2 Å². The zero-order valence-corrected chi connectivity index (χ0v) is 42.8. The van der Waals surface area contributed by atoms with E-state index in [2.05, 4.69) is 26.6 Å². The molecule has 6 amide bonds. The third-order valence-corrected chi connectivity index (χ3v) is 12.8. The zero-order valence-electron chi connectivity index (χ0n) is 41.2. The number of carbonyl (C=O) groups is 7. The van der Waals surface area contributed by atoms with Gasteiger partial charge in [-0.05, 0) is 60.9 Å². The van der Waals surface area contributed by atoms with Crippen LogP contribution in [0.3, 0.4) is 0 Å². The van der Waals surface area contributed by atoms with E-state index in [0.717, 1.165) is 33.9 Å². The Morgan fingerprint density at radius 2 is 1.19 bits per heavy atom. The molecule has 1 saturated heterocycles. The van der Waals surface area contributed by atoms with Crippen LogP contribution < -0.4 is 16.0 Å². The van der Waals surface area contributed by atoms with Crippen LogP contribution in [-0.4, -0.2) is 137 Å². The molecule has 0 unspecified atom stereocenters. The van der Waals surface area contributed by atoms with Crippen LogP contribution in [-0.2, 0) is 51.3 Å². The van der Waals surface area contributed by atoms with Gasteiger partial charge in [0.05, 0.1) is 18.9 Å². The Bertz CT molecular complexity index is 2480. The normalized spacial score (nSPS) is 23.2. The molecule has 0 saturated carbocycles. The number of esters is 1. The van der Waals surface area contributed by atoms with Gasteiger partial charge >= 0.3 is 18.3 Å². The van der Waals surface area contributed by atoms with Crippen molar-refractivity contribution in [2.75, 3.05) is 21.1 Å². The molecule has 0 aliphatic carbocycles. The molecule has 3 N–H and O–H groups in total. The molecule has 7 atom stereocenters. The maximum absolute atomic E-state index is 14.9. The first-order chi connectivity index (χ1) is 33.5. The highest BCUT2D eigenvalue weighted by Crippen LogP contribution is 2.29. The number of aromatic nitrogens is 1. The summed E-state index contributed by atoms with van der Waals surface area (Å²) in [7, 11) is 3.12. The third-order valence-electron chi connectivity index (χ3n) is 12.2. The summed E-state index contributed by atoms with van der Waals surface area (Å²) in [6.45, 7) is 8.07. The number of para-hydroxylation sites is 1. The van der Waals surface area contributed by atoms with Crippen LogP contribution in [0, 0.1) is 23.2 Å². The molecule has 3 aromatic rings. The highest BCUT2D eigenvalue weighted by molar-refractivity contribution is 9.10. The molecule has 1 aromatic heterocycles. The van der Waals surface area contributed by atoms with Crippen molar-refractivity contribution in [1.29, 1.82) is 5.26 Å². The Balaban J connectivity index is 1.95. The zero-order chi connectivity index (χ0) is 54.0. The van der Waals surface area contributed by atoms with Gasteiger partial charge in [-0.1, -0.05) is 74.0 Å². The quantitative estimate of drug-likeness (QED) is 0.140. The Hall–Kier alpha value is -6.18. The molecule has 16 nitrogen and oxygen atoms in total. The van der Waals surface area contributed by atoms with E-state index in [1.54, 1.807) is 58.2 Å². The van der Waals surface area contributed by atoms with Crippen LogP contribution in [0.1, 0.15) is 84.3 Å². The molecular formula is C49H61BrF6N8O8. The van der Waals surface area contributed by atoms with Crippen molar-refractivity contribution >= 4 is 68.2 Å². The van der Waals surface area contributed by atoms with Crippen LogP contribution in [0.4, 0.5) is 26.3 Å². The van der Waals surface area contributed by atoms with Gasteiger partial charge in [0.25, 0.3) is 5.91 Å². The Morgan fingerprint density at radius 1 is 0.694 bits per heavy atom. The number of rotatable bonds is 12. The molecular weight excluding hydrogens is 1020 g/mol. The Labute approximate surface area is 422 Å². The van der Waals surface area contributed by atoms with Gasteiger partial charge in [0.15, 0.2) is 6.10 Å². The molecule has 0 bridgehead atoms. The van der Waals surface area contributed by atoms with E-state index in [-0.39, 0.29) is 25.2 Å². The minimum absolute atomic E-state index is 0.0765. The highest BCUT2D eigenvalue weighted by Gasteiger charge is 2.45. The number of nitrogens with zero attached hydrogens (tertiary/aromatic N) is 5. The number of hydrogen-bond acceptors (Lipinski definition) is 9. The first-order valence-corrected chi connectivity index (χ1v) is 24.0.